The van der Waals surface area contributed by atoms with Crippen molar-refractivity contribution in [1.29, 1.82) is 0 Å². The third-order valence-corrected chi connectivity index (χ3v) is 6.94. The third kappa shape index (κ3) is 8.85. The monoisotopic (exact) mass is 521 g/mol. The SMILES string of the molecule is Cc1ccccc1CN(C(=O)CCCN(c1cccc(Cl)c1)S(C)(=O)=O)[C@H](C)C(=O)NC(C)(C)C. The Kier molecular flexibility index (Phi) is 9.75. The van der Waals surface area contributed by atoms with Crippen LogP contribution in [0.5, 0.6) is 0 Å². The van der Waals surface area contributed by atoms with Gasteiger partial charge in [-0.3, -0.25) is 13.9 Å². The number of nitrogens with one attached hydrogen (secondary N) is 1. The average molecular weight is 522 g/mol. The van der Waals surface area contributed by atoms with Crippen LogP contribution in [-0.4, -0.2) is 49.5 Å². The van der Waals surface area contributed by atoms with Crippen molar-refractivity contribution in [2.24, 2.45) is 0 Å². The van der Waals surface area contributed by atoms with Crippen LogP contribution in [0.3, 0.4) is 0 Å². The number of aryl methyl sites for hydroxylation is 1. The Bertz CT molecular complexity index is 1150. The Labute approximate surface area is 214 Å². The van der Waals surface area contributed by atoms with Crippen LogP contribution in [0.4, 0.5) is 5.69 Å². The van der Waals surface area contributed by atoms with Crippen LogP contribution in [0.2, 0.25) is 5.02 Å². The molecule has 0 unspecified atom stereocenters. The van der Waals surface area contributed by atoms with Crippen molar-refractivity contribution in [3.63, 3.8) is 0 Å². The molecule has 0 bridgehead atoms. The van der Waals surface area contributed by atoms with E-state index in [-0.39, 0.29) is 37.7 Å². The quantitative estimate of drug-likeness (QED) is 0.497. The molecule has 2 rings (SSSR count). The van der Waals surface area contributed by atoms with Crippen LogP contribution >= 0.6 is 11.6 Å². The molecule has 0 heterocycles. The normalized spacial score (nSPS) is 12.7. The number of hydrogen-bond donors (Lipinski definition) is 1. The zero-order valence-corrected chi connectivity index (χ0v) is 22.9. The van der Waals surface area contributed by atoms with Crippen molar-refractivity contribution in [2.45, 2.75) is 65.6 Å². The van der Waals surface area contributed by atoms with E-state index < -0.39 is 21.6 Å². The second-order valence-electron chi connectivity index (χ2n) is 9.78. The first kappa shape index (κ1) is 28.7. The number of carbonyl (C=O) groups excluding carboxylic acids is 2. The van der Waals surface area contributed by atoms with E-state index >= 15 is 0 Å². The van der Waals surface area contributed by atoms with Crippen LogP contribution in [0.25, 0.3) is 0 Å². The van der Waals surface area contributed by atoms with Crippen molar-refractivity contribution in [1.82, 2.24) is 10.2 Å². The highest BCUT2D eigenvalue weighted by molar-refractivity contribution is 7.92. The zero-order chi connectivity index (χ0) is 26.4. The second kappa shape index (κ2) is 11.9. The lowest BCUT2D eigenvalue weighted by Gasteiger charge is -2.32. The summed E-state index contributed by atoms with van der Waals surface area (Å²) in [5.41, 5.74) is 1.99. The largest absolute Gasteiger partial charge is 0.350 e. The van der Waals surface area contributed by atoms with E-state index in [0.717, 1.165) is 17.4 Å². The molecule has 9 heteroatoms. The molecule has 1 N–H and O–H groups in total. The first-order valence-corrected chi connectivity index (χ1v) is 13.8. The lowest BCUT2D eigenvalue weighted by molar-refractivity contribution is -0.141. The number of anilines is 1. The first-order valence-electron chi connectivity index (χ1n) is 11.6. The lowest BCUT2D eigenvalue weighted by Crippen LogP contribution is -2.52. The van der Waals surface area contributed by atoms with E-state index in [2.05, 4.69) is 5.32 Å². The highest BCUT2D eigenvalue weighted by Crippen LogP contribution is 2.23. The van der Waals surface area contributed by atoms with Gasteiger partial charge in [0.05, 0.1) is 11.9 Å². The van der Waals surface area contributed by atoms with Gasteiger partial charge < -0.3 is 10.2 Å². The molecule has 0 aliphatic heterocycles. The minimum absolute atomic E-state index is 0.0889. The van der Waals surface area contributed by atoms with Gasteiger partial charge in [0.15, 0.2) is 0 Å². The predicted molar refractivity (Wildman–Crippen MR) is 142 cm³/mol. The van der Waals surface area contributed by atoms with Crippen molar-refractivity contribution < 1.29 is 18.0 Å². The molecule has 0 aliphatic rings. The summed E-state index contributed by atoms with van der Waals surface area (Å²) in [5.74, 6) is -0.458. The van der Waals surface area contributed by atoms with E-state index in [9.17, 15) is 18.0 Å². The molecule has 0 saturated heterocycles. The first-order chi connectivity index (χ1) is 16.2. The standard InChI is InChI=1S/C26H36ClN3O4S/c1-19-11-7-8-12-21(19)18-29(20(2)25(32)28-26(3,4)5)24(31)15-10-16-30(35(6,33)34)23-14-9-13-22(27)17-23/h7-9,11-14,17,20H,10,15-16,18H2,1-6H3,(H,28,32)/t20-/m1/s1. The highest BCUT2D eigenvalue weighted by Gasteiger charge is 2.29. The number of sulfonamides is 1. The average Bonchev–Trinajstić information content (AvgIpc) is 2.73. The fraction of sp³-hybridized carbons (Fsp3) is 0.462. The predicted octanol–water partition coefficient (Wildman–Crippen LogP) is 4.53. The van der Waals surface area contributed by atoms with Gasteiger partial charge in [-0.15, -0.1) is 0 Å². The van der Waals surface area contributed by atoms with E-state index in [1.54, 1.807) is 36.1 Å². The fourth-order valence-corrected chi connectivity index (χ4v) is 4.80. The van der Waals surface area contributed by atoms with Crippen LogP contribution in [-0.2, 0) is 26.2 Å². The fourth-order valence-electron chi connectivity index (χ4n) is 3.66. The molecular formula is C26H36ClN3O4S. The van der Waals surface area contributed by atoms with Gasteiger partial charge in [0, 0.05) is 30.1 Å². The molecule has 7 nitrogen and oxygen atoms in total. The van der Waals surface area contributed by atoms with E-state index in [1.165, 1.54) is 4.31 Å². The Morgan fingerprint density at radius 1 is 1.09 bits per heavy atom. The number of amides is 2. The lowest BCUT2D eigenvalue weighted by atomic mass is 10.1. The number of hydrogen-bond acceptors (Lipinski definition) is 4. The summed E-state index contributed by atoms with van der Waals surface area (Å²) in [6.07, 6.45) is 1.50. The van der Waals surface area contributed by atoms with E-state index in [0.29, 0.717) is 10.7 Å². The van der Waals surface area contributed by atoms with Gasteiger partial charge in [0.1, 0.15) is 6.04 Å². The van der Waals surface area contributed by atoms with Gasteiger partial charge in [0.25, 0.3) is 0 Å². The Morgan fingerprint density at radius 2 is 1.74 bits per heavy atom. The molecule has 0 fully saturated rings. The zero-order valence-electron chi connectivity index (χ0n) is 21.3. The van der Waals surface area contributed by atoms with Gasteiger partial charge in [0.2, 0.25) is 21.8 Å². The van der Waals surface area contributed by atoms with Crippen LogP contribution < -0.4 is 9.62 Å². The van der Waals surface area contributed by atoms with Crippen molar-refractivity contribution >= 4 is 39.1 Å². The Balaban J connectivity index is 2.20. The molecule has 35 heavy (non-hydrogen) atoms. The van der Waals surface area contributed by atoms with Gasteiger partial charge in [-0.2, -0.15) is 0 Å². The smallest absolute Gasteiger partial charge is 0.242 e. The molecule has 2 amide bonds. The Hall–Kier alpha value is -2.58. The van der Waals surface area contributed by atoms with E-state index in [4.69, 9.17) is 11.6 Å². The maximum Gasteiger partial charge on any atom is 0.242 e. The summed E-state index contributed by atoms with van der Waals surface area (Å²) in [5, 5.41) is 3.37. The molecule has 2 aromatic rings. The van der Waals surface area contributed by atoms with Crippen molar-refractivity contribution in [2.75, 3.05) is 17.1 Å². The van der Waals surface area contributed by atoms with Crippen molar-refractivity contribution in [3.8, 4) is 0 Å². The van der Waals surface area contributed by atoms with Crippen LogP contribution in [0, 0.1) is 6.92 Å². The number of halogens is 1. The second-order valence-corrected chi connectivity index (χ2v) is 12.1. The molecule has 1 atom stereocenters. The molecule has 0 spiro atoms. The minimum atomic E-state index is -3.57. The van der Waals surface area contributed by atoms with E-state index in [1.807, 2.05) is 52.0 Å². The Morgan fingerprint density at radius 3 is 2.31 bits per heavy atom. The van der Waals surface area contributed by atoms with Crippen molar-refractivity contribution in [3.05, 3.63) is 64.7 Å². The highest BCUT2D eigenvalue weighted by atomic mass is 35.5. The van der Waals surface area contributed by atoms with Gasteiger partial charge in [-0.1, -0.05) is 41.9 Å². The summed E-state index contributed by atoms with van der Waals surface area (Å²) in [4.78, 5) is 27.8. The summed E-state index contributed by atoms with van der Waals surface area (Å²) in [6.45, 7) is 9.75. The van der Waals surface area contributed by atoms with Gasteiger partial charge in [-0.05, 0) is 70.4 Å². The number of carbonyl (C=O) groups is 2. The summed E-state index contributed by atoms with van der Waals surface area (Å²) in [7, 11) is -3.57. The summed E-state index contributed by atoms with van der Waals surface area (Å²) < 4.78 is 26.0. The molecular weight excluding hydrogens is 486 g/mol. The molecule has 0 aliphatic carbocycles. The minimum Gasteiger partial charge on any atom is -0.350 e. The topological polar surface area (TPSA) is 86.8 Å². The van der Waals surface area contributed by atoms with Crippen LogP contribution in [0.15, 0.2) is 48.5 Å². The molecule has 0 radical (unpaired) electrons. The number of nitrogens with zero attached hydrogens (tertiary/aromatic N) is 2. The summed E-state index contributed by atoms with van der Waals surface area (Å²) in [6, 6.07) is 13.6. The maximum absolute atomic E-state index is 13.3. The van der Waals surface area contributed by atoms with Gasteiger partial charge in [-0.25, -0.2) is 8.42 Å². The summed E-state index contributed by atoms with van der Waals surface area (Å²) >= 11 is 6.04. The third-order valence-electron chi connectivity index (χ3n) is 5.52. The molecule has 0 aromatic heterocycles. The molecule has 2 aromatic carbocycles. The number of rotatable bonds is 10. The molecule has 192 valence electrons. The van der Waals surface area contributed by atoms with Gasteiger partial charge >= 0.3 is 0 Å². The maximum atomic E-state index is 13.3. The number of benzene rings is 2. The molecule has 0 saturated carbocycles. The van der Waals surface area contributed by atoms with Crippen LogP contribution in [0.1, 0.15) is 51.7 Å².